The maximum atomic E-state index is 12.8. The average Bonchev–Trinajstić information content (AvgIpc) is 2.34. The van der Waals surface area contributed by atoms with Gasteiger partial charge in [0.2, 0.25) is 10.0 Å². The molecule has 1 aromatic rings. The van der Waals surface area contributed by atoms with Crippen LogP contribution < -0.4 is 4.72 Å². The molecule has 5 nitrogen and oxygen atoms in total. The SMILES string of the molecule is O=S(=O)(NC(CO)CO)c1ccc(Cl)cc1C(F)(F)F. The van der Waals surface area contributed by atoms with Gasteiger partial charge in [-0.1, -0.05) is 11.6 Å². The van der Waals surface area contributed by atoms with Gasteiger partial charge in [0.1, 0.15) is 0 Å². The van der Waals surface area contributed by atoms with E-state index in [0.717, 1.165) is 6.07 Å². The van der Waals surface area contributed by atoms with Crippen molar-refractivity contribution in [1.29, 1.82) is 0 Å². The normalized spacial score (nSPS) is 12.9. The second-order valence-corrected chi connectivity index (χ2v) is 5.94. The summed E-state index contributed by atoms with van der Waals surface area (Å²) >= 11 is 5.44. The van der Waals surface area contributed by atoms with Crippen LogP contribution >= 0.6 is 11.6 Å². The molecule has 0 atom stereocenters. The van der Waals surface area contributed by atoms with E-state index >= 15 is 0 Å². The highest BCUT2D eigenvalue weighted by Gasteiger charge is 2.37. The van der Waals surface area contributed by atoms with Crippen molar-refractivity contribution >= 4 is 21.6 Å². The van der Waals surface area contributed by atoms with Gasteiger partial charge in [0, 0.05) is 5.02 Å². The Hall–Kier alpha value is -0.870. The first-order chi connectivity index (χ1) is 9.11. The second kappa shape index (κ2) is 6.27. The fourth-order valence-corrected chi connectivity index (χ4v) is 2.97. The van der Waals surface area contributed by atoms with Crippen LogP contribution in [0.3, 0.4) is 0 Å². The lowest BCUT2D eigenvalue weighted by Gasteiger charge is -2.17. The van der Waals surface area contributed by atoms with Crippen LogP contribution in [0.25, 0.3) is 0 Å². The van der Waals surface area contributed by atoms with Crippen LogP contribution in [0.5, 0.6) is 0 Å². The summed E-state index contributed by atoms with van der Waals surface area (Å²) in [6.07, 6.45) is -4.91. The fourth-order valence-electron chi connectivity index (χ4n) is 1.37. The molecule has 0 saturated carbocycles. The molecule has 0 heterocycles. The van der Waals surface area contributed by atoms with Crippen LogP contribution in [0, 0.1) is 0 Å². The highest BCUT2D eigenvalue weighted by Crippen LogP contribution is 2.35. The number of hydrogen-bond acceptors (Lipinski definition) is 4. The Labute approximate surface area is 118 Å². The molecule has 0 fully saturated rings. The van der Waals surface area contributed by atoms with Crippen LogP contribution in [0.4, 0.5) is 13.2 Å². The first-order valence-electron chi connectivity index (χ1n) is 5.22. The van der Waals surface area contributed by atoms with Gasteiger partial charge in [-0.15, -0.1) is 0 Å². The minimum Gasteiger partial charge on any atom is -0.395 e. The molecule has 0 bridgehead atoms. The van der Waals surface area contributed by atoms with Gasteiger partial charge < -0.3 is 10.2 Å². The minimum atomic E-state index is -4.91. The zero-order valence-corrected chi connectivity index (χ0v) is 11.4. The van der Waals surface area contributed by atoms with Gasteiger partial charge in [0.25, 0.3) is 0 Å². The van der Waals surface area contributed by atoms with Crippen molar-refractivity contribution in [2.75, 3.05) is 13.2 Å². The lowest BCUT2D eigenvalue weighted by Crippen LogP contribution is -2.40. The fraction of sp³-hybridized carbons (Fsp3) is 0.400. The molecular formula is C10H11ClF3NO4S. The zero-order valence-electron chi connectivity index (χ0n) is 9.85. The topological polar surface area (TPSA) is 86.6 Å². The summed E-state index contributed by atoms with van der Waals surface area (Å²) in [4.78, 5) is -1.03. The molecule has 0 aliphatic heterocycles. The van der Waals surface area contributed by atoms with Crippen molar-refractivity contribution in [1.82, 2.24) is 4.72 Å². The molecule has 0 amide bonds. The highest BCUT2D eigenvalue weighted by molar-refractivity contribution is 7.89. The maximum absolute atomic E-state index is 12.8. The van der Waals surface area contributed by atoms with E-state index in [1.54, 1.807) is 4.72 Å². The Morgan fingerprint density at radius 3 is 2.25 bits per heavy atom. The van der Waals surface area contributed by atoms with E-state index in [9.17, 15) is 21.6 Å². The monoisotopic (exact) mass is 333 g/mol. The summed E-state index contributed by atoms with van der Waals surface area (Å²) in [5.41, 5.74) is -1.42. The lowest BCUT2D eigenvalue weighted by molar-refractivity contribution is -0.139. The molecule has 1 aromatic carbocycles. The number of aliphatic hydroxyl groups is 2. The molecule has 10 heteroatoms. The molecule has 0 aliphatic rings. The molecule has 1 rings (SSSR count). The standard InChI is InChI=1S/C10H11ClF3NO4S/c11-6-1-2-9(8(3-6)10(12,13)14)20(18,19)15-7(4-16)5-17/h1-3,7,15-17H,4-5H2. The molecule has 0 aromatic heterocycles. The molecule has 3 N–H and O–H groups in total. The van der Waals surface area contributed by atoms with E-state index in [2.05, 4.69) is 0 Å². The Bertz CT molecular complexity index is 572. The second-order valence-electron chi connectivity index (χ2n) is 3.82. The van der Waals surface area contributed by atoms with Crippen LogP contribution in [-0.2, 0) is 16.2 Å². The van der Waals surface area contributed by atoms with E-state index in [0.29, 0.717) is 12.1 Å². The maximum Gasteiger partial charge on any atom is 0.417 e. The van der Waals surface area contributed by atoms with E-state index in [1.807, 2.05) is 0 Å². The summed E-state index contributed by atoms with van der Waals surface area (Å²) in [5.74, 6) is 0. The van der Waals surface area contributed by atoms with Gasteiger partial charge in [0.05, 0.1) is 29.7 Å². The molecule has 0 saturated heterocycles. The molecule has 0 radical (unpaired) electrons. The van der Waals surface area contributed by atoms with Crippen LogP contribution in [0.2, 0.25) is 5.02 Å². The van der Waals surface area contributed by atoms with E-state index < -0.39 is 45.9 Å². The van der Waals surface area contributed by atoms with Crippen molar-refractivity contribution < 1.29 is 31.8 Å². The van der Waals surface area contributed by atoms with E-state index in [4.69, 9.17) is 21.8 Å². The molecule has 0 unspecified atom stereocenters. The van der Waals surface area contributed by atoms with Gasteiger partial charge in [-0.2, -0.15) is 13.2 Å². The Kier molecular flexibility index (Phi) is 5.39. The zero-order chi connectivity index (χ0) is 15.6. The quantitative estimate of drug-likeness (QED) is 0.750. The van der Waals surface area contributed by atoms with Crippen molar-refractivity contribution in [2.24, 2.45) is 0 Å². The Morgan fingerprint density at radius 2 is 1.80 bits per heavy atom. The summed E-state index contributed by atoms with van der Waals surface area (Å²) in [6, 6.07) is 0.900. The third-order valence-corrected chi connectivity index (χ3v) is 4.11. The number of rotatable bonds is 5. The van der Waals surface area contributed by atoms with Gasteiger partial charge in [-0.05, 0) is 18.2 Å². The minimum absolute atomic E-state index is 0.267. The Morgan fingerprint density at radius 1 is 1.25 bits per heavy atom. The van der Waals surface area contributed by atoms with Gasteiger partial charge in [-0.3, -0.25) is 0 Å². The van der Waals surface area contributed by atoms with E-state index in [1.165, 1.54) is 0 Å². The first kappa shape index (κ1) is 17.2. The number of sulfonamides is 1. The number of hydrogen-bond donors (Lipinski definition) is 3. The number of nitrogens with one attached hydrogen (secondary N) is 1. The van der Waals surface area contributed by atoms with Crippen LogP contribution in [0.15, 0.2) is 23.1 Å². The number of aliphatic hydroxyl groups excluding tert-OH is 2. The highest BCUT2D eigenvalue weighted by atomic mass is 35.5. The Balaban J connectivity index is 3.32. The smallest absolute Gasteiger partial charge is 0.395 e. The van der Waals surface area contributed by atoms with Crippen molar-refractivity contribution in [3.05, 3.63) is 28.8 Å². The summed E-state index contributed by atoms with van der Waals surface area (Å²) in [5, 5.41) is 17.3. The largest absolute Gasteiger partial charge is 0.417 e. The number of benzene rings is 1. The van der Waals surface area contributed by atoms with Crippen molar-refractivity contribution in [3.63, 3.8) is 0 Å². The third-order valence-electron chi connectivity index (χ3n) is 2.30. The molecule has 20 heavy (non-hydrogen) atoms. The molecular weight excluding hydrogens is 323 g/mol. The van der Waals surface area contributed by atoms with Gasteiger partial charge >= 0.3 is 6.18 Å². The van der Waals surface area contributed by atoms with Crippen molar-refractivity contribution in [2.45, 2.75) is 17.1 Å². The molecule has 0 aliphatic carbocycles. The lowest BCUT2D eigenvalue weighted by atomic mass is 10.2. The predicted octanol–water partition coefficient (Wildman–Crippen LogP) is 0.990. The van der Waals surface area contributed by atoms with Gasteiger partial charge in [-0.25, -0.2) is 13.1 Å². The van der Waals surface area contributed by atoms with Gasteiger partial charge in [0.15, 0.2) is 0 Å². The van der Waals surface area contributed by atoms with Crippen LogP contribution in [-0.4, -0.2) is 37.9 Å². The third kappa shape index (κ3) is 4.06. The molecule has 0 spiro atoms. The van der Waals surface area contributed by atoms with Crippen molar-refractivity contribution in [3.8, 4) is 0 Å². The molecule has 114 valence electrons. The van der Waals surface area contributed by atoms with E-state index in [-0.39, 0.29) is 5.02 Å². The summed E-state index contributed by atoms with van der Waals surface area (Å²) in [6.45, 7) is -1.52. The van der Waals surface area contributed by atoms with Crippen LogP contribution in [0.1, 0.15) is 5.56 Å². The number of halogens is 4. The average molecular weight is 334 g/mol. The number of alkyl halides is 3. The summed E-state index contributed by atoms with van der Waals surface area (Å²) < 4.78 is 63.9. The first-order valence-corrected chi connectivity index (χ1v) is 7.08. The summed E-state index contributed by atoms with van der Waals surface area (Å²) in [7, 11) is -4.56. The predicted molar refractivity (Wildman–Crippen MR) is 64.7 cm³/mol.